The van der Waals surface area contributed by atoms with Crippen molar-refractivity contribution in [1.82, 2.24) is 14.8 Å². The first-order valence-electron chi connectivity index (χ1n) is 8.94. The predicted octanol–water partition coefficient (Wildman–Crippen LogP) is 1.65. The van der Waals surface area contributed by atoms with Gasteiger partial charge in [0.1, 0.15) is 5.75 Å². The van der Waals surface area contributed by atoms with Gasteiger partial charge in [0.2, 0.25) is 5.91 Å². The van der Waals surface area contributed by atoms with Crippen molar-refractivity contribution >= 4 is 23.4 Å². The maximum Gasteiger partial charge on any atom is 0.257 e. The van der Waals surface area contributed by atoms with Crippen LogP contribution in [0, 0.1) is 0 Å². The van der Waals surface area contributed by atoms with Gasteiger partial charge in [0.15, 0.2) is 0 Å². The van der Waals surface area contributed by atoms with Gasteiger partial charge in [-0.2, -0.15) is 0 Å². The lowest BCUT2D eigenvalue weighted by molar-refractivity contribution is -0.130. The molecule has 0 spiro atoms. The molecule has 3 amide bonds. The van der Waals surface area contributed by atoms with Crippen LogP contribution in [0.5, 0.6) is 5.75 Å². The monoisotopic (exact) mass is 382 g/mol. The summed E-state index contributed by atoms with van der Waals surface area (Å²) in [7, 11) is 1.53. The zero-order chi connectivity index (χ0) is 20.1. The molecule has 8 heteroatoms. The van der Waals surface area contributed by atoms with E-state index in [9.17, 15) is 14.4 Å². The second kappa shape index (κ2) is 8.51. The second-order valence-corrected chi connectivity index (χ2v) is 6.41. The third kappa shape index (κ3) is 4.28. The minimum Gasteiger partial charge on any atom is -0.495 e. The van der Waals surface area contributed by atoms with E-state index in [-0.39, 0.29) is 23.3 Å². The molecule has 2 heterocycles. The molecule has 2 aromatic rings. The van der Waals surface area contributed by atoms with Crippen LogP contribution in [0.2, 0.25) is 0 Å². The Morgan fingerprint density at radius 1 is 1.00 bits per heavy atom. The van der Waals surface area contributed by atoms with Crippen molar-refractivity contribution in [1.29, 1.82) is 0 Å². The number of hydrogen-bond acceptors (Lipinski definition) is 5. The summed E-state index contributed by atoms with van der Waals surface area (Å²) in [4.78, 5) is 44.2. The lowest BCUT2D eigenvalue weighted by Gasteiger charge is -2.34. The molecule has 1 aromatic heterocycles. The number of pyridine rings is 1. The third-order valence-electron chi connectivity index (χ3n) is 4.61. The first kappa shape index (κ1) is 19.3. The molecule has 0 atom stereocenters. The largest absolute Gasteiger partial charge is 0.495 e. The van der Waals surface area contributed by atoms with E-state index in [1.54, 1.807) is 34.1 Å². The Balaban J connectivity index is 1.70. The van der Waals surface area contributed by atoms with Gasteiger partial charge < -0.3 is 19.9 Å². The average Bonchev–Trinajstić information content (AvgIpc) is 2.73. The maximum absolute atomic E-state index is 12.7. The normalized spacial score (nSPS) is 13.8. The molecular formula is C20H22N4O4. The molecule has 1 aromatic carbocycles. The topological polar surface area (TPSA) is 91.8 Å². The van der Waals surface area contributed by atoms with E-state index in [0.29, 0.717) is 43.2 Å². The molecule has 0 aliphatic carbocycles. The van der Waals surface area contributed by atoms with Crippen molar-refractivity contribution in [2.75, 3.05) is 38.6 Å². The van der Waals surface area contributed by atoms with Crippen LogP contribution >= 0.6 is 0 Å². The Morgan fingerprint density at radius 2 is 1.64 bits per heavy atom. The summed E-state index contributed by atoms with van der Waals surface area (Å²) < 4.78 is 5.23. The molecule has 1 aliphatic rings. The number of hydrogen-bond donors (Lipinski definition) is 1. The molecule has 28 heavy (non-hydrogen) atoms. The number of rotatable bonds is 4. The summed E-state index contributed by atoms with van der Waals surface area (Å²) in [6.07, 6.45) is 2.86. The molecule has 3 rings (SSSR count). The molecule has 146 valence electrons. The summed E-state index contributed by atoms with van der Waals surface area (Å²) >= 11 is 0. The zero-order valence-corrected chi connectivity index (χ0v) is 15.8. The number of methoxy groups -OCH3 is 1. The van der Waals surface area contributed by atoms with E-state index in [0.717, 1.165) is 0 Å². The van der Waals surface area contributed by atoms with Gasteiger partial charge in [-0.25, -0.2) is 0 Å². The van der Waals surface area contributed by atoms with Crippen LogP contribution < -0.4 is 10.1 Å². The molecule has 1 fully saturated rings. The number of benzene rings is 1. The zero-order valence-electron chi connectivity index (χ0n) is 15.8. The highest BCUT2D eigenvalue weighted by atomic mass is 16.5. The van der Waals surface area contributed by atoms with Gasteiger partial charge in [-0.05, 0) is 18.2 Å². The van der Waals surface area contributed by atoms with E-state index >= 15 is 0 Å². The van der Waals surface area contributed by atoms with Gasteiger partial charge in [-0.1, -0.05) is 12.1 Å². The molecule has 0 bridgehead atoms. The molecule has 1 aliphatic heterocycles. The quantitative estimate of drug-likeness (QED) is 0.868. The van der Waals surface area contributed by atoms with Crippen LogP contribution in [-0.4, -0.2) is 65.8 Å². The number of piperazine rings is 1. The van der Waals surface area contributed by atoms with Gasteiger partial charge in [0, 0.05) is 45.5 Å². The lowest BCUT2D eigenvalue weighted by Crippen LogP contribution is -2.50. The van der Waals surface area contributed by atoms with Crippen LogP contribution in [0.3, 0.4) is 0 Å². The number of aromatic nitrogens is 1. The van der Waals surface area contributed by atoms with Crippen LogP contribution in [0.25, 0.3) is 0 Å². The van der Waals surface area contributed by atoms with Crippen LogP contribution in [0.1, 0.15) is 27.6 Å². The molecular weight excluding hydrogens is 360 g/mol. The summed E-state index contributed by atoms with van der Waals surface area (Å²) in [5.41, 5.74) is 1.15. The fourth-order valence-electron chi connectivity index (χ4n) is 3.03. The highest BCUT2D eigenvalue weighted by molar-refractivity contribution is 6.06. The maximum atomic E-state index is 12.7. The number of carbonyl (C=O) groups excluding carboxylic acids is 3. The molecule has 0 radical (unpaired) electrons. The standard InChI is InChI=1S/C20H22N4O4/c1-14(25)23-7-9-24(10-8-23)20(27)16-11-15(12-21-13-16)19(26)22-17-5-3-4-6-18(17)28-2/h3-6,11-13H,7-10H2,1-2H3,(H,22,26). The second-order valence-electron chi connectivity index (χ2n) is 6.41. The number of anilines is 1. The first-order valence-corrected chi connectivity index (χ1v) is 8.94. The minimum absolute atomic E-state index is 0.00349. The van der Waals surface area contributed by atoms with E-state index < -0.39 is 0 Å². The summed E-state index contributed by atoms with van der Waals surface area (Å²) in [5.74, 6) is -0.0427. The molecule has 0 saturated carbocycles. The Kier molecular flexibility index (Phi) is 5.88. The number of amides is 3. The third-order valence-corrected chi connectivity index (χ3v) is 4.61. The molecule has 0 unspecified atom stereocenters. The van der Waals surface area contributed by atoms with Gasteiger partial charge >= 0.3 is 0 Å². The number of nitrogens with one attached hydrogen (secondary N) is 1. The van der Waals surface area contributed by atoms with E-state index in [4.69, 9.17) is 4.74 Å². The van der Waals surface area contributed by atoms with Crippen molar-refractivity contribution < 1.29 is 19.1 Å². The van der Waals surface area contributed by atoms with Crippen molar-refractivity contribution in [3.05, 3.63) is 53.9 Å². The molecule has 8 nitrogen and oxygen atoms in total. The fourth-order valence-corrected chi connectivity index (χ4v) is 3.03. The average molecular weight is 382 g/mol. The smallest absolute Gasteiger partial charge is 0.257 e. The minimum atomic E-state index is -0.381. The van der Waals surface area contributed by atoms with E-state index in [1.165, 1.54) is 32.5 Å². The summed E-state index contributed by atoms with van der Waals surface area (Å²) in [5, 5.41) is 2.77. The Morgan fingerprint density at radius 3 is 2.32 bits per heavy atom. The van der Waals surface area contributed by atoms with Crippen LogP contribution in [0.4, 0.5) is 5.69 Å². The van der Waals surface area contributed by atoms with Gasteiger partial charge in [0.25, 0.3) is 11.8 Å². The van der Waals surface area contributed by atoms with Gasteiger partial charge in [-0.3, -0.25) is 19.4 Å². The molecule has 1 saturated heterocycles. The number of para-hydroxylation sites is 2. The first-order chi connectivity index (χ1) is 13.5. The highest BCUT2D eigenvalue weighted by Gasteiger charge is 2.24. The van der Waals surface area contributed by atoms with E-state index in [2.05, 4.69) is 10.3 Å². The van der Waals surface area contributed by atoms with E-state index in [1.807, 2.05) is 0 Å². The fraction of sp³-hybridized carbons (Fsp3) is 0.300. The van der Waals surface area contributed by atoms with Gasteiger partial charge in [0.05, 0.1) is 23.9 Å². The Bertz CT molecular complexity index is 891. The Labute approximate surface area is 163 Å². The summed E-state index contributed by atoms with van der Waals surface area (Å²) in [6.45, 7) is 3.43. The lowest BCUT2D eigenvalue weighted by atomic mass is 10.1. The highest BCUT2D eigenvalue weighted by Crippen LogP contribution is 2.23. The van der Waals surface area contributed by atoms with Crippen molar-refractivity contribution in [2.45, 2.75) is 6.92 Å². The predicted molar refractivity (Wildman–Crippen MR) is 103 cm³/mol. The van der Waals surface area contributed by atoms with Crippen molar-refractivity contribution in [3.63, 3.8) is 0 Å². The number of nitrogens with zero attached hydrogens (tertiary/aromatic N) is 3. The SMILES string of the molecule is COc1ccccc1NC(=O)c1cncc(C(=O)N2CCN(C(C)=O)CC2)c1. The molecule has 1 N–H and O–H groups in total. The number of carbonyl (C=O) groups is 3. The van der Waals surface area contributed by atoms with Crippen molar-refractivity contribution in [3.8, 4) is 5.75 Å². The van der Waals surface area contributed by atoms with Crippen LogP contribution in [-0.2, 0) is 4.79 Å². The number of ether oxygens (including phenoxy) is 1. The Hall–Kier alpha value is -3.42. The van der Waals surface area contributed by atoms with Gasteiger partial charge in [-0.15, -0.1) is 0 Å². The summed E-state index contributed by atoms with van der Waals surface area (Å²) in [6, 6.07) is 8.60. The van der Waals surface area contributed by atoms with Crippen LogP contribution in [0.15, 0.2) is 42.7 Å². The van der Waals surface area contributed by atoms with Crippen molar-refractivity contribution in [2.24, 2.45) is 0 Å².